The summed E-state index contributed by atoms with van der Waals surface area (Å²) in [6.07, 6.45) is -0.419. The lowest BCUT2D eigenvalue weighted by atomic mass is 9.85. The van der Waals surface area contributed by atoms with Crippen LogP contribution in [-0.4, -0.2) is 51.8 Å². The number of hydrogen-bond donors (Lipinski definition) is 2. The Labute approximate surface area is 244 Å². The monoisotopic (exact) mass is 588 g/mol. The van der Waals surface area contributed by atoms with Crippen LogP contribution in [0.1, 0.15) is 58.2 Å². The lowest BCUT2D eigenvalue weighted by Gasteiger charge is -2.43. The van der Waals surface area contributed by atoms with Gasteiger partial charge in [0.2, 0.25) is 0 Å². The van der Waals surface area contributed by atoms with E-state index in [9.17, 15) is 9.59 Å². The molecule has 1 amide bonds. The van der Waals surface area contributed by atoms with Crippen molar-refractivity contribution in [3.63, 3.8) is 0 Å². The largest absolute Gasteiger partial charge is 0.487 e. The minimum atomic E-state index is -2.26. The summed E-state index contributed by atoms with van der Waals surface area (Å²) in [6.45, 7) is 16.1. The van der Waals surface area contributed by atoms with E-state index in [1.807, 2.05) is 36.4 Å². The zero-order chi connectivity index (χ0) is 30.6. The normalized spacial score (nSPS) is 17.3. The number of halogens is 1. The van der Waals surface area contributed by atoms with E-state index in [1.54, 1.807) is 20.8 Å². The van der Waals surface area contributed by atoms with Gasteiger partial charge in [0.05, 0.1) is 19.3 Å². The van der Waals surface area contributed by atoms with Crippen molar-refractivity contribution in [3.05, 3.63) is 58.9 Å². The molecule has 2 atom stereocenters. The van der Waals surface area contributed by atoms with Crippen LogP contribution in [0.3, 0.4) is 0 Å². The molecule has 10 heteroatoms. The Morgan fingerprint density at radius 3 is 2.29 bits per heavy atom. The van der Waals surface area contributed by atoms with Crippen LogP contribution in [0, 0.1) is 5.82 Å². The number of anilines is 1. The molecule has 0 spiro atoms. The number of rotatable bonds is 9. The summed E-state index contributed by atoms with van der Waals surface area (Å²) in [5.74, 6) is -0.779. The number of nitrogens with one attached hydrogen (secondary N) is 2. The molecule has 0 unspecified atom stereocenters. The summed E-state index contributed by atoms with van der Waals surface area (Å²) in [7, 11) is -0.988. The highest BCUT2D eigenvalue weighted by molar-refractivity contribution is 6.74. The van der Waals surface area contributed by atoms with Gasteiger partial charge >= 0.3 is 12.1 Å². The minimum Gasteiger partial charge on any atom is -0.487 e. The smallest absolute Gasteiger partial charge is 0.407 e. The lowest BCUT2D eigenvalue weighted by molar-refractivity contribution is -0.138. The number of methoxy groups -OCH3 is 1. The number of carbonyl (C=O) groups excluding carboxylic acids is 2. The number of esters is 1. The number of benzene rings is 2. The maximum Gasteiger partial charge on any atom is 0.407 e. The summed E-state index contributed by atoms with van der Waals surface area (Å²) in [4.78, 5) is 24.7. The molecule has 0 fully saturated rings. The first-order valence-corrected chi connectivity index (χ1v) is 16.9. The standard InChI is InChI=1S/C31H45FN2O6Si/c1-30(2,3)39-29(36)34-23-17-22-21(15-24(23)40-41(8,9)31(4,5)6)16-25(38-19-20-13-11-10-12-14-20)28(27(22)32)33-18-26(35)37-7/h10-14,16,23-24,33H,15,17-19H2,1-9H3,(H,34,36)/t23-,24-/m0/s1. The lowest BCUT2D eigenvalue weighted by Crippen LogP contribution is -2.55. The van der Waals surface area contributed by atoms with Crippen LogP contribution in [-0.2, 0) is 38.1 Å². The number of fused-ring (bicyclic) bond motifs is 1. The van der Waals surface area contributed by atoms with Gasteiger partial charge in [-0.3, -0.25) is 4.79 Å². The molecule has 3 rings (SSSR count). The Morgan fingerprint density at radius 2 is 1.71 bits per heavy atom. The van der Waals surface area contributed by atoms with Crippen molar-refractivity contribution in [1.29, 1.82) is 0 Å². The third kappa shape index (κ3) is 8.69. The Bertz CT molecular complexity index is 1220. The quantitative estimate of drug-likeness (QED) is 0.260. The van der Waals surface area contributed by atoms with E-state index >= 15 is 4.39 Å². The predicted octanol–water partition coefficient (Wildman–Crippen LogP) is 6.37. The molecular formula is C31H45FN2O6Si. The van der Waals surface area contributed by atoms with Crippen molar-refractivity contribution < 1.29 is 32.6 Å². The topological polar surface area (TPSA) is 95.1 Å². The first-order valence-electron chi connectivity index (χ1n) is 14.0. The average molecular weight is 589 g/mol. The van der Waals surface area contributed by atoms with E-state index in [0.29, 0.717) is 17.7 Å². The van der Waals surface area contributed by atoms with Gasteiger partial charge in [-0.15, -0.1) is 0 Å². The van der Waals surface area contributed by atoms with Gasteiger partial charge in [0.1, 0.15) is 30.2 Å². The van der Waals surface area contributed by atoms with E-state index in [2.05, 4.69) is 44.5 Å². The predicted molar refractivity (Wildman–Crippen MR) is 160 cm³/mol. The number of carbonyl (C=O) groups is 2. The molecule has 0 aliphatic heterocycles. The number of amides is 1. The van der Waals surface area contributed by atoms with Gasteiger partial charge in [-0.2, -0.15) is 0 Å². The van der Waals surface area contributed by atoms with E-state index in [0.717, 1.165) is 11.1 Å². The van der Waals surface area contributed by atoms with Crippen LogP contribution >= 0.6 is 0 Å². The summed E-state index contributed by atoms with van der Waals surface area (Å²) < 4.78 is 39.4. The molecule has 0 aromatic heterocycles. The number of alkyl carbamates (subject to hydrolysis) is 1. The van der Waals surface area contributed by atoms with Crippen LogP contribution in [0.15, 0.2) is 36.4 Å². The molecule has 1 aliphatic carbocycles. The van der Waals surface area contributed by atoms with E-state index in [-0.39, 0.29) is 30.3 Å². The van der Waals surface area contributed by atoms with Gasteiger partial charge in [0.25, 0.3) is 0 Å². The second-order valence-corrected chi connectivity index (χ2v) is 17.7. The summed E-state index contributed by atoms with van der Waals surface area (Å²) >= 11 is 0. The first-order chi connectivity index (χ1) is 19.0. The Kier molecular flexibility index (Phi) is 10.1. The molecule has 226 valence electrons. The Balaban J connectivity index is 2.01. The van der Waals surface area contributed by atoms with Crippen LogP contribution in [0.25, 0.3) is 0 Å². The fraction of sp³-hybridized carbons (Fsp3) is 0.548. The second-order valence-electron chi connectivity index (χ2n) is 13.0. The fourth-order valence-corrected chi connectivity index (χ4v) is 5.72. The number of ether oxygens (including phenoxy) is 3. The molecule has 41 heavy (non-hydrogen) atoms. The van der Waals surface area contributed by atoms with Crippen LogP contribution in [0.4, 0.5) is 14.9 Å². The van der Waals surface area contributed by atoms with E-state index in [4.69, 9.17) is 18.6 Å². The number of hydrogen-bond acceptors (Lipinski definition) is 7. The Morgan fingerprint density at radius 1 is 1.05 bits per heavy atom. The summed E-state index contributed by atoms with van der Waals surface area (Å²) in [5.41, 5.74) is 1.48. The van der Waals surface area contributed by atoms with Gasteiger partial charge in [-0.1, -0.05) is 51.1 Å². The molecule has 2 N–H and O–H groups in total. The van der Waals surface area contributed by atoms with E-state index < -0.39 is 43.9 Å². The van der Waals surface area contributed by atoms with Gasteiger partial charge in [0, 0.05) is 0 Å². The molecule has 0 bridgehead atoms. The van der Waals surface area contributed by atoms with Crippen molar-refractivity contribution in [1.82, 2.24) is 5.32 Å². The van der Waals surface area contributed by atoms with Crippen LogP contribution in [0.5, 0.6) is 5.75 Å². The molecular weight excluding hydrogens is 543 g/mol. The van der Waals surface area contributed by atoms with Gasteiger partial charge in [-0.25, -0.2) is 9.18 Å². The zero-order valence-corrected chi connectivity index (χ0v) is 26.8. The highest BCUT2D eigenvalue weighted by Gasteiger charge is 2.43. The second kappa shape index (κ2) is 12.8. The van der Waals surface area contributed by atoms with Crippen molar-refractivity contribution in [2.24, 2.45) is 0 Å². The highest BCUT2D eigenvalue weighted by Crippen LogP contribution is 2.41. The molecule has 0 heterocycles. The van der Waals surface area contributed by atoms with Crippen LogP contribution < -0.4 is 15.4 Å². The zero-order valence-electron chi connectivity index (χ0n) is 25.8. The third-order valence-corrected chi connectivity index (χ3v) is 12.1. The highest BCUT2D eigenvalue weighted by atomic mass is 28.4. The molecule has 1 aliphatic rings. The van der Waals surface area contributed by atoms with Crippen LogP contribution in [0.2, 0.25) is 18.1 Å². The summed E-state index contributed by atoms with van der Waals surface area (Å²) in [6, 6.07) is 10.9. The van der Waals surface area contributed by atoms with Gasteiger partial charge in [-0.05, 0) is 74.5 Å². The first kappa shape index (κ1) is 32.4. The van der Waals surface area contributed by atoms with E-state index in [1.165, 1.54) is 7.11 Å². The molecule has 0 saturated carbocycles. The Hall–Kier alpha value is -3.11. The molecule has 2 aromatic rings. The summed E-state index contributed by atoms with van der Waals surface area (Å²) in [5, 5.41) is 5.75. The fourth-order valence-electron chi connectivity index (χ4n) is 4.36. The molecule has 0 saturated heterocycles. The van der Waals surface area contributed by atoms with Crippen molar-refractivity contribution in [2.75, 3.05) is 19.0 Å². The van der Waals surface area contributed by atoms with Crippen molar-refractivity contribution in [2.45, 2.75) is 96.9 Å². The molecule has 0 radical (unpaired) electrons. The molecule has 2 aromatic carbocycles. The van der Waals surface area contributed by atoms with Crippen molar-refractivity contribution >= 4 is 26.1 Å². The van der Waals surface area contributed by atoms with Gasteiger partial charge in [0.15, 0.2) is 14.1 Å². The maximum atomic E-state index is 16.3. The van der Waals surface area contributed by atoms with Gasteiger partial charge < -0.3 is 29.3 Å². The maximum absolute atomic E-state index is 16.3. The SMILES string of the molecule is COC(=O)CNc1c(OCc2ccccc2)cc2c(c1F)C[C@H](NC(=O)OC(C)(C)C)[C@@H](O[Si](C)(C)C(C)(C)C)C2. The average Bonchev–Trinajstić information content (AvgIpc) is 2.86. The molecule has 8 nitrogen and oxygen atoms in total. The third-order valence-electron chi connectivity index (χ3n) is 7.55. The van der Waals surface area contributed by atoms with Crippen molar-refractivity contribution in [3.8, 4) is 5.75 Å². The minimum absolute atomic E-state index is 0.0688.